The summed E-state index contributed by atoms with van der Waals surface area (Å²) in [4.78, 5) is 25.6. The van der Waals surface area contributed by atoms with Crippen molar-refractivity contribution in [2.45, 2.75) is 39.2 Å². The van der Waals surface area contributed by atoms with Crippen molar-refractivity contribution in [2.24, 2.45) is 11.7 Å². The highest BCUT2D eigenvalue weighted by Gasteiger charge is 2.30. The Labute approximate surface area is 131 Å². The summed E-state index contributed by atoms with van der Waals surface area (Å²) < 4.78 is 5.90. The van der Waals surface area contributed by atoms with Crippen molar-refractivity contribution in [1.82, 2.24) is 4.90 Å². The van der Waals surface area contributed by atoms with E-state index in [9.17, 15) is 9.59 Å². The van der Waals surface area contributed by atoms with Crippen LogP contribution in [0.4, 0.5) is 0 Å². The molecular formula is C17H24N2O3. The molecule has 1 aromatic rings. The van der Waals surface area contributed by atoms with Crippen LogP contribution in [0.15, 0.2) is 24.3 Å². The first-order valence-corrected chi connectivity index (χ1v) is 7.83. The maximum atomic E-state index is 12.6. The Balaban J connectivity index is 1.98. The number of hydrogen-bond donors (Lipinski definition) is 1. The second-order valence-corrected chi connectivity index (χ2v) is 5.78. The molecule has 120 valence electrons. The predicted molar refractivity (Wildman–Crippen MR) is 84.4 cm³/mol. The number of carbonyl (C=O) groups is 2. The highest BCUT2D eigenvalue weighted by atomic mass is 16.5. The lowest BCUT2D eigenvalue weighted by atomic mass is 9.96. The lowest BCUT2D eigenvalue weighted by Gasteiger charge is -2.33. The van der Waals surface area contributed by atoms with E-state index in [0.717, 1.165) is 11.3 Å². The Hall–Kier alpha value is -2.04. The molecule has 22 heavy (non-hydrogen) atoms. The predicted octanol–water partition coefficient (Wildman–Crippen LogP) is 1.88. The van der Waals surface area contributed by atoms with Crippen LogP contribution in [0.2, 0.25) is 0 Å². The third-order valence-corrected chi connectivity index (χ3v) is 4.22. The van der Waals surface area contributed by atoms with Crippen LogP contribution in [-0.4, -0.2) is 35.9 Å². The van der Waals surface area contributed by atoms with Crippen molar-refractivity contribution < 1.29 is 14.3 Å². The monoisotopic (exact) mass is 304 g/mol. The molecular weight excluding hydrogens is 280 g/mol. The first-order valence-electron chi connectivity index (χ1n) is 7.83. The fourth-order valence-corrected chi connectivity index (χ4v) is 2.74. The average molecular weight is 304 g/mol. The van der Waals surface area contributed by atoms with Gasteiger partial charge >= 0.3 is 0 Å². The van der Waals surface area contributed by atoms with E-state index in [1.54, 1.807) is 4.90 Å². The first-order chi connectivity index (χ1) is 10.5. The number of amides is 2. The molecule has 0 bridgehead atoms. The summed E-state index contributed by atoms with van der Waals surface area (Å²) in [7, 11) is 0. The molecule has 0 radical (unpaired) electrons. The van der Waals surface area contributed by atoms with E-state index in [1.807, 2.05) is 38.1 Å². The van der Waals surface area contributed by atoms with Crippen LogP contribution >= 0.6 is 0 Å². The minimum absolute atomic E-state index is 0.00586. The number of piperidine rings is 1. The lowest BCUT2D eigenvalue weighted by molar-refractivity contribution is -0.141. The number of carbonyl (C=O) groups excluding carboxylic acids is 2. The molecule has 0 spiro atoms. The smallest absolute Gasteiger partial charge is 0.263 e. The van der Waals surface area contributed by atoms with Gasteiger partial charge in [-0.25, -0.2) is 0 Å². The molecule has 2 amide bonds. The number of likely N-dealkylation sites (tertiary alicyclic amines) is 1. The molecule has 1 aromatic carbocycles. The van der Waals surface area contributed by atoms with Crippen LogP contribution in [0.5, 0.6) is 5.75 Å². The molecule has 1 atom stereocenters. The Kier molecular flexibility index (Phi) is 5.41. The Morgan fingerprint density at radius 2 is 1.95 bits per heavy atom. The summed E-state index contributed by atoms with van der Waals surface area (Å²) in [5.41, 5.74) is 6.34. The standard InChI is InChI=1S/C17H24N2O3/c1-3-14(22-15-7-5-4-6-12(15)2)17(21)19-10-8-13(9-11-19)16(18)20/h4-7,13-14H,3,8-11H2,1-2H3,(H2,18,20)/t14-/m1/s1. The van der Waals surface area contributed by atoms with Crippen molar-refractivity contribution in [1.29, 1.82) is 0 Å². The average Bonchev–Trinajstić information content (AvgIpc) is 2.53. The zero-order valence-electron chi connectivity index (χ0n) is 13.2. The van der Waals surface area contributed by atoms with Crippen molar-refractivity contribution >= 4 is 11.8 Å². The Morgan fingerprint density at radius 3 is 2.50 bits per heavy atom. The van der Waals surface area contributed by atoms with Crippen molar-refractivity contribution in [3.63, 3.8) is 0 Å². The van der Waals surface area contributed by atoms with Gasteiger partial charge in [0.1, 0.15) is 5.75 Å². The van der Waals surface area contributed by atoms with E-state index in [4.69, 9.17) is 10.5 Å². The number of hydrogen-bond acceptors (Lipinski definition) is 3. The molecule has 1 fully saturated rings. The largest absolute Gasteiger partial charge is 0.480 e. The number of primary amides is 1. The van der Waals surface area contributed by atoms with Crippen LogP contribution in [0, 0.1) is 12.8 Å². The number of para-hydroxylation sites is 1. The van der Waals surface area contributed by atoms with Gasteiger partial charge in [-0.2, -0.15) is 0 Å². The van der Waals surface area contributed by atoms with Gasteiger partial charge in [0, 0.05) is 19.0 Å². The van der Waals surface area contributed by atoms with Gasteiger partial charge in [0.25, 0.3) is 5.91 Å². The summed E-state index contributed by atoms with van der Waals surface area (Å²) in [5.74, 6) is 0.361. The molecule has 2 N–H and O–H groups in total. The van der Waals surface area contributed by atoms with Gasteiger partial charge in [-0.3, -0.25) is 9.59 Å². The number of benzene rings is 1. The van der Waals surface area contributed by atoms with E-state index < -0.39 is 6.10 Å². The molecule has 1 aliphatic heterocycles. The van der Waals surface area contributed by atoms with Gasteiger partial charge < -0.3 is 15.4 Å². The fourth-order valence-electron chi connectivity index (χ4n) is 2.74. The van der Waals surface area contributed by atoms with Crippen LogP contribution < -0.4 is 10.5 Å². The van der Waals surface area contributed by atoms with Gasteiger partial charge in [-0.15, -0.1) is 0 Å². The number of aryl methyl sites for hydroxylation is 1. The highest BCUT2D eigenvalue weighted by Crippen LogP contribution is 2.22. The second kappa shape index (κ2) is 7.29. The van der Waals surface area contributed by atoms with Crippen LogP contribution in [0.1, 0.15) is 31.7 Å². The third kappa shape index (κ3) is 3.78. The molecule has 2 rings (SSSR count). The van der Waals surface area contributed by atoms with Crippen LogP contribution in [0.3, 0.4) is 0 Å². The SMILES string of the molecule is CC[C@@H](Oc1ccccc1C)C(=O)N1CCC(C(N)=O)CC1. The van der Waals surface area contributed by atoms with E-state index >= 15 is 0 Å². The first kappa shape index (κ1) is 16.3. The molecule has 5 heteroatoms. The minimum Gasteiger partial charge on any atom is -0.480 e. The Bertz CT molecular complexity index is 536. The van der Waals surface area contributed by atoms with Crippen molar-refractivity contribution in [3.8, 4) is 5.75 Å². The molecule has 0 unspecified atom stereocenters. The quantitative estimate of drug-likeness (QED) is 0.902. The number of nitrogens with zero attached hydrogens (tertiary/aromatic N) is 1. The molecule has 0 aliphatic carbocycles. The van der Waals surface area contributed by atoms with Gasteiger partial charge in [-0.1, -0.05) is 25.1 Å². The van der Waals surface area contributed by atoms with E-state index in [-0.39, 0.29) is 17.7 Å². The fraction of sp³-hybridized carbons (Fsp3) is 0.529. The van der Waals surface area contributed by atoms with E-state index in [2.05, 4.69) is 0 Å². The maximum Gasteiger partial charge on any atom is 0.263 e. The van der Waals surface area contributed by atoms with Gasteiger partial charge in [0.15, 0.2) is 6.10 Å². The number of rotatable bonds is 5. The molecule has 1 heterocycles. The summed E-state index contributed by atoms with van der Waals surface area (Å²) in [6, 6.07) is 7.69. The maximum absolute atomic E-state index is 12.6. The van der Waals surface area contributed by atoms with E-state index in [1.165, 1.54) is 0 Å². The molecule has 1 aliphatic rings. The third-order valence-electron chi connectivity index (χ3n) is 4.22. The van der Waals surface area contributed by atoms with Crippen molar-refractivity contribution in [2.75, 3.05) is 13.1 Å². The van der Waals surface area contributed by atoms with Crippen LogP contribution in [-0.2, 0) is 9.59 Å². The highest BCUT2D eigenvalue weighted by molar-refractivity contribution is 5.82. The number of nitrogens with two attached hydrogens (primary N) is 1. The van der Waals surface area contributed by atoms with Gasteiger partial charge in [0.05, 0.1) is 0 Å². The lowest BCUT2D eigenvalue weighted by Crippen LogP contribution is -2.47. The normalized spacial score (nSPS) is 17.1. The zero-order valence-corrected chi connectivity index (χ0v) is 13.2. The minimum atomic E-state index is -0.480. The number of ether oxygens (including phenoxy) is 1. The summed E-state index contributed by atoms with van der Waals surface area (Å²) in [6.07, 6.45) is 1.42. The summed E-state index contributed by atoms with van der Waals surface area (Å²) >= 11 is 0. The molecule has 5 nitrogen and oxygen atoms in total. The summed E-state index contributed by atoms with van der Waals surface area (Å²) in [5, 5.41) is 0. The molecule has 0 aromatic heterocycles. The molecule has 0 saturated carbocycles. The van der Waals surface area contributed by atoms with Gasteiger partial charge in [0.2, 0.25) is 5.91 Å². The summed E-state index contributed by atoms with van der Waals surface area (Å²) in [6.45, 7) is 5.04. The van der Waals surface area contributed by atoms with E-state index in [0.29, 0.717) is 32.4 Å². The van der Waals surface area contributed by atoms with Crippen molar-refractivity contribution in [3.05, 3.63) is 29.8 Å². The van der Waals surface area contributed by atoms with Gasteiger partial charge in [-0.05, 0) is 37.8 Å². The second-order valence-electron chi connectivity index (χ2n) is 5.78. The topological polar surface area (TPSA) is 72.6 Å². The van der Waals surface area contributed by atoms with Crippen LogP contribution in [0.25, 0.3) is 0 Å². The Morgan fingerprint density at radius 1 is 1.32 bits per heavy atom. The molecule has 1 saturated heterocycles. The zero-order chi connectivity index (χ0) is 16.1.